The van der Waals surface area contributed by atoms with Crippen molar-refractivity contribution in [3.63, 3.8) is 0 Å². The summed E-state index contributed by atoms with van der Waals surface area (Å²) in [6, 6.07) is 53.9. The van der Waals surface area contributed by atoms with E-state index >= 15 is 9.59 Å². The number of fused-ring (bicyclic) bond motifs is 1. The van der Waals surface area contributed by atoms with E-state index in [4.69, 9.17) is 26.8 Å². The molecule has 2 heterocycles. The van der Waals surface area contributed by atoms with Gasteiger partial charge in [0.1, 0.15) is 16.9 Å². The van der Waals surface area contributed by atoms with Gasteiger partial charge in [-0.25, -0.2) is 0 Å². The molecule has 2 aliphatic heterocycles. The normalized spacial score (nSPS) is 21.7. The summed E-state index contributed by atoms with van der Waals surface area (Å²) in [5, 5.41) is 5.28. The van der Waals surface area contributed by atoms with Crippen LogP contribution in [0.2, 0.25) is 0 Å². The van der Waals surface area contributed by atoms with Gasteiger partial charge in [0, 0.05) is 17.8 Å². The van der Waals surface area contributed by atoms with E-state index in [0.717, 1.165) is 39.3 Å². The minimum Gasteiger partial charge on any atom is -0.497 e. The highest BCUT2D eigenvalue weighted by molar-refractivity contribution is 7.81. The molecule has 6 aromatic carbocycles. The summed E-state index contributed by atoms with van der Waals surface area (Å²) in [7, 11) is 3.28. The zero-order valence-electron chi connectivity index (χ0n) is 31.9. The molecule has 4 atom stereocenters. The number of allylic oxidation sites excluding steroid dienone is 1. The molecule has 8 nitrogen and oxygen atoms in total. The maximum Gasteiger partial charge on any atom is 0.250 e. The third-order valence-corrected chi connectivity index (χ3v) is 12.0. The first kappa shape index (κ1) is 36.8. The number of ether oxygens (including phenoxy) is 2. The van der Waals surface area contributed by atoms with Crippen molar-refractivity contribution >= 4 is 52.3 Å². The Bertz CT molecular complexity index is 2470. The lowest BCUT2D eigenvalue weighted by atomic mass is 9.48. The van der Waals surface area contributed by atoms with E-state index in [2.05, 4.69) is 11.5 Å². The standard InChI is InChI=1S/C49H40N4O4S/c1-56-38-27-23-32(24-28-38)31-40-42(33-15-7-3-8-16-33)49(46(54)52(36-19-11-5-12-20-36)48(58)53(47(49)55)37-21-13-6-14-22-37)43(34-17-9-4-10-18-34)41-44(50-51-45(40)41)35-25-29-39(57-2)30-26-35/h3-31,41-44,50H,1-2H3/b40-31-. The van der Waals surface area contributed by atoms with Gasteiger partial charge in [-0.1, -0.05) is 121 Å². The van der Waals surface area contributed by atoms with Crippen molar-refractivity contribution in [3.8, 4) is 11.5 Å². The van der Waals surface area contributed by atoms with Crippen molar-refractivity contribution in [1.82, 2.24) is 5.43 Å². The molecule has 1 saturated carbocycles. The predicted octanol–water partition coefficient (Wildman–Crippen LogP) is 9.34. The van der Waals surface area contributed by atoms with E-state index in [0.29, 0.717) is 17.1 Å². The fraction of sp³-hybridized carbons (Fsp3) is 0.143. The molecule has 0 radical (unpaired) electrons. The van der Waals surface area contributed by atoms with E-state index in [1.54, 1.807) is 24.0 Å². The van der Waals surface area contributed by atoms with Gasteiger partial charge in [-0.3, -0.25) is 19.4 Å². The molecule has 4 unspecified atom stereocenters. The Balaban J connectivity index is 1.41. The van der Waals surface area contributed by atoms with Crippen molar-refractivity contribution in [3.05, 3.63) is 198 Å². The molecule has 2 fully saturated rings. The van der Waals surface area contributed by atoms with Crippen molar-refractivity contribution in [2.45, 2.75) is 17.9 Å². The Kier molecular flexibility index (Phi) is 9.67. The summed E-state index contributed by atoms with van der Waals surface area (Å²) < 4.78 is 11.1. The lowest BCUT2D eigenvalue weighted by Gasteiger charge is -2.57. The van der Waals surface area contributed by atoms with Crippen LogP contribution in [-0.2, 0) is 9.59 Å². The number of carbonyl (C=O) groups is 2. The minimum atomic E-state index is -1.81. The maximum absolute atomic E-state index is 16.5. The molecular formula is C49H40N4O4S. The number of thiocarbonyl (C=S) groups is 1. The molecule has 1 aliphatic carbocycles. The SMILES string of the molecule is COc1ccc(/C=C2\C3=NNC(c4ccc(OC)cc4)C3C(c3ccccc3)C3(C(=O)N(c4ccccc4)C(=S)N(c4ccccc4)C3=O)C2c2ccccc2)cc1. The molecule has 3 aliphatic rings. The van der Waals surface area contributed by atoms with Crippen LogP contribution in [0.5, 0.6) is 11.5 Å². The second-order valence-electron chi connectivity index (χ2n) is 14.6. The van der Waals surface area contributed by atoms with Gasteiger partial charge < -0.3 is 14.9 Å². The number of hydrazone groups is 1. The monoisotopic (exact) mass is 780 g/mol. The summed E-state index contributed by atoms with van der Waals surface area (Å²) in [6.45, 7) is 0. The van der Waals surface area contributed by atoms with Crippen LogP contribution in [0.25, 0.3) is 6.08 Å². The van der Waals surface area contributed by atoms with Gasteiger partial charge >= 0.3 is 0 Å². The van der Waals surface area contributed by atoms with Crippen LogP contribution in [-0.4, -0.2) is 36.9 Å². The Morgan fingerprint density at radius 3 is 1.57 bits per heavy atom. The molecule has 2 amide bonds. The first-order chi connectivity index (χ1) is 28.4. The highest BCUT2D eigenvalue weighted by atomic mass is 32.1. The van der Waals surface area contributed by atoms with Gasteiger partial charge in [-0.2, -0.15) is 5.10 Å². The van der Waals surface area contributed by atoms with E-state index in [1.165, 1.54) is 0 Å². The Morgan fingerprint density at radius 2 is 1.07 bits per heavy atom. The van der Waals surface area contributed by atoms with Gasteiger partial charge in [0.25, 0.3) is 11.8 Å². The topological polar surface area (TPSA) is 83.5 Å². The number of anilines is 2. The van der Waals surface area contributed by atoms with Crippen molar-refractivity contribution in [2.24, 2.45) is 16.4 Å². The Labute approximate surface area is 343 Å². The van der Waals surface area contributed by atoms with Crippen LogP contribution < -0.4 is 24.7 Å². The lowest BCUT2D eigenvalue weighted by Crippen LogP contribution is -2.71. The molecule has 1 spiro atoms. The maximum atomic E-state index is 16.5. The second kappa shape index (κ2) is 15.2. The fourth-order valence-electron chi connectivity index (χ4n) is 9.12. The molecule has 6 aromatic rings. The van der Waals surface area contributed by atoms with Crippen LogP contribution >= 0.6 is 12.2 Å². The molecule has 0 aromatic heterocycles. The van der Waals surface area contributed by atoms with Gasteiger partial charge in [0.2, 0.25) is 0 Å². The van der Waals surface area contributed by atoms with Crippen LogP contribution in [0.1, 0.15) is 40.1 Å². The highest BCUT2D eigenvalue weighted by Crippen LogP contribution is 2.64. The van der Waals surface area contributed by atoms with E-state index in [9.17, 15) is 0 Å². The molecule has 9 rings (SSSR count). The number of hydrogen-bond acceptors (Lipinski definition) is 7. The van der Waals surface area contributed by atoms with Crippen LogP contribution in [0.15, 0.2) is 181 Å². The molecule has 0 bridgehead atoms. The molecule has 1 saturated heterocycles. The van der Waals surface area contributed by atoms with Gasteiger partial charge in [-0.05, 0) is 94.7 Å². The zero-order valence-corrected chi connectivity index (χ0v) is 32.8. The van der Waals surface area contributed by atoms with E-state index in [1.807, 2.05) is 170 Å². The minimum absolute atomic E-state index is 0.0908. The Morgan fingerprint density at radius 1 is 0.603 bits per heavy atom. The summed E-state index contributed by atoms with van der Waals surface area (Å²) in [6.07, 6.45) is 2.08. The van der Waals surface area contributed by atoms with Crippen molar-refractivity contribution in [2.75, 3.05) is 24.0 Å². The Hall–Kier alpha value is -6.84. The first-order valence-corrected chi connectivity index (χ1v) is 19.6. The zero-order chi connectivity index (χ0) is 39.8. The number of benzene rings is 6. The van der Waals surface area contributed by atoms with Crippen molar-refractivity contribution < 1.29 is 19.1 Å². The average molecular weight is 781 g/mol. The van der Waals surface area contributed by atoms with Crippen LogP contribution in [0.4, 0.5) is 11.4 Å². The number of nitrogens with one attached hydrogen (secondary N) is 1. The van der Waals surface area contributed by atoms with Gasteiger partial charge in [0.05, 0.1) is 37.3 Å². The van der Waals surface area contributed by atoms with Gasteiger partial charge in [0.15, 0.2) is 5.11 Å². The number of carbonyl (C=O) groups excluding carboxylic acids is 2. The van der Waals surface area contributed by atoms with Crippen molar-refractivity contribution in [1.29, 1.82) is 0 Å². The molecular weight excluding hydrogens is 741 g/mol. The fourth-order valence-corrected chi connectivity index (χ4v) is 9.50. The van der Waals surface area contributed by atoms with Crippen LogP contribution in [0, 0.1) is 11.3 Å². The number of hydrogen-bond donors (Lipinski definition) is 1. The van der Waals surface area contributed by atoms with E-state index in [-0.39, 0.29) is 5.11 Å². The second-order valence-corrected chi connectivity index (χ2v) is 15.0. The average Bonchev–Trinajstić information content (AvgIpc) is 3.72. The molecule has 9 heteroatoms. The summed E-state index contributed by atoms with van der Waals surface area (Å²) in [4.78, 5) is 36.2. The van der Waals surface area contributed by atoms with E-state index < -0.39 is 41.0 Å². The smallest absolute Gasteiger partial charge is 0.250 e. The predicted molar refractivity (Wildman–Crippen MR) is 232 cm³/mol. The number of methoxy groups -OCH3 is 2. The first-order valence-electron chi connectivity index (χ1n) is 19.2. The number of nitrogens with zero attached hydrogens (tertiary/aromatic N) is 3. The lowest BCUT2D eigenvalue weighted by molar-refractivity contribution is -0.144. The summed E-state index contributed by atoms with van der Waals surface area (Å²) in [5.74, 6) is -1.44. The number of para-hydroxylation sites is 2. The quantitative estimate of drug-likeness (QED) is 0.123. The molecule has 286 valence electrons. The highest BCUT2D eigenvalue weighted by Gasteiger charge is 2.71. The third-order valence-electron chi connectivity index (χ3n) is 11.6. The van der Waals surface area contributed by atoms with Gasteiger partial charge in [-0.15, -0.1) is 0 Å². The summed E-state index contributed by atoms with van der Waals surface area (Å²) >= 11 is 6.24. The number of rotatable bonds is 8. The molecule has 58 heavy (non-hydrogen) atoms. The van der Waals surface area contributed by atoms with Crippen LogP contribution in [0.3, 0.4) is 0 Å². The molecule has 1 N–H and O–H groups in total. The number of amides is 2. The summed E-state index contributed by atoms with van der Waals surface area (Å²) in [5.41, 5.74) is 7.82. The largest absolute Gasteiger partial charge is 0.497 e. The third kappa shape index (κ3) is 5.97.